The van der Waals surface area contributed by atoms with Gasteiger partial charge in [-0.05, 0) is 38.5 Å². The average Bonchev–Trinajstić information content (AvgIpc) is 2.47. The van der Waals surface area contributed by atoms with Gasteiger partial charge >= 0.3 is 5.97 Å². The van der Waals surface area contributed by atoms with Crippen molar-refractivity contribution in [1.82, 2.24) is 0 Å². The van der Waals surface area contributed by atoms with Gasteiger partial charge in [-0.25, -0.2) is 0 Å². The summed E-state index contributed by atoms with van der Waals surface area (Å²) in [6, 6.07) is 0. The molecule has 0 spiro atoms. The fourth-order valence-corrected chi connectivity index (χ4v) is 2.09. The van der Waals surface area contributed by atoms with Crippen molar-refractivity contribution in [2.45, 2.75) is 70.0 Å². The maximum absolute atomic E-state index is 10.6. The molecule has 0 aromatic carbocycles. The first-order chi connectivity index (χ1) is 10.2. The second-order valence-electron chi connectivity index (χ2n) is 5.14. The van der Waals surface area contributed by atoms with Crippen molar-refractivity contribution in [3.05, 3.63) is 36.5 Å². The Balaban J connectivity index is 3.33. The van der Waals surface area contributed by atoms with E-state index in [1.54, 1.807) is 0 Å². The maximum atomic E-state index is 10.6. The van der Waals surface area contributed by atoms with Gasteiger partial charge in [-0.2, -0.15) is 12.6 Å². The van der Waals surface area contributed by atoms with Gasteiger partial charge in [-0.1, -0.05) is 62.6 Å². The minimum Gasteiger partial charge on any atom is -0.480 e. The van der Waals surface area contributed by atoms with Crippen molar-refractivity contribution in [2.24, 2.45) is 0 Å². The zero-order valence-corrected chi connectivity index (χ0v) is 14.1. The molecule has 0 saturated heterocycles. The summed E-state index contributed by atoms with van der Waals surface area (Å²) in [6.45, 7) is 2.14. The first-order valence-electron chi connectivity index (χ1n) is 8.04. The minimum atomic E-state index is -0.806. The largest absolute Gasteiger partial charge is 0.480 e. The van der Waals surface area contributed by atoms with Crippen molar-refractivity contribution in [1.29, 1.82) is 0 Å². The third kappa shape index (κ3) is 15.3. The van der Waals surface area contributed by atoms with Crippen LogP contribution in [-0.2, 0) is 4.79 Å². The molecular formula is C18H30O2S. The molecule has 120 valence electrons. The topological polar surface area (TPSA) is 37.3 Å². The Morgan fingerprint density at radius 3 is 2.14 bits per heavy atom. The van der Waals surface area contributed by atoms with E-state index >= 15 is 0 Å². The average molecular weight is 311 g/mol. The van der Waals surface area contributed by atoms with E-state index in [0.29, 0.717) is 6.42 Å². The predicted molar refractivity (Wildman–Crippen MR) is 95.1 cm³/mol. The van der Waals surface area contributed by atoms with E-state index in [1.807, 2.05) is 0 Å². The molecule has 0 amide bonds. The number of thiol groups is 1. The summed E-state index contributed by atoms with van der Waals surface area (Å²) in [5.41, 5.74) is 0. The van der Waals surface area contributed by atoms with Crippen molar-refractivity contribution in [3.63, 3.8) is 0 Å². The first kappa shape index (κ1) is 20.0. The van der Waals surface area contributed by atoms with Gasteiger partial charge in [0.15, 0.2) is 0 Å². The maximum Gasteiger partial charge on any atom is 0.316 e. The summed E-state index contributed by atoms with van der Waals surface area (Å²) in [7, 11) is 0. The van der Waals surface area contributed by atoms with Crippen LogP contribution in [-0.4, -0.2) is 16.3 Å². The van der Waals surface area contributed by atoms with Gasteiger partial charge in [-0.3, -0.25) is 4.79 Å². The highest BCUT2D eigenvalue weighted by molar-refractivity contribution is 7.81. The van der Waals surface area contributed by atoms with Gasteiger partial charge in [0, 0.05) is 0 Å². The van der Waals surface area contributed by atoms with Gasteiger partial charge in [-0.15, -0.1) is 0 Å². The Morgan fingerprint density at radius 2 is 1.52 bits per heavy atom. The van der Waals surface area contributed by atoms with Crippen LogP contribution in [0.2, 0.25) is 0 Å². The van der Waals surface area contributed by atoms with Crippen molar-refractivity contribution < 1.29 is 9.90 Å². The molecule has 1 atom stereocenters. The van der Waals surface area contributed by atoms with Crippen molar-refractivity contribution >= 4 is 18.6 Å². The van der Waals surface area contributed by atoms with Crippen LogP contribution >= 0.6 is 12.6 Å². The van der Waals surface area contributed by atoms with Gasteiger partial charge in [0.1, 0.15) is 0 Å². The number of carbonyl (C=O) groups is 1. The monoisotopic (exact) mass is 310 g/mol. The lowest BCUT2D eigenvalue weighted by Gasteiger charge is -2.04. The van der Waals surface area contributed by atoms with Gasteiger partial charge < -0.3 is 5.11 Å². The second kappa shape index (κ2) is 15.4. The molecule has 0 aromatic rings. The molecule has 0 bridgehead atoms. The molecule has 0 radical (unpaired) electrons. The van der Waals surface area contributed by atoms with E-state index in [4.69, 9.17) is 5.11 Å². The lowest BCUT2D eigenvalue weighted by molar-refractivity contribution is -0.136. The molecule has 0 aliphatic carbocycles. The number of unbranched alkanes of at least 4 members (excludes halogenated alkanes) is 4. The highest BCUT2D eigenvalue weighted by atomic mass is 32.1. The number of aliphatic carboxylic acids is 1. The summed E-state index contributed by atoms with van der Waals surface area (Å²) in [5, 5.41) is 8.19. The Bertz CT molecular complexity index is 332. The Labute approximate surface area is 135 Å². The van der Waals surface area contributed by atoms with E-state index in [9.17, 15) is 4.79 Å². The number of hydrogen-bond acceptors (Lipinski definition) is 2. The lowest BCUT2D eigenvalue weighted by atomic mass is 10.1. The Hall–Kier alpha value is -0.960. The Morgan fingerprint density at radius 1 is 0.952 bits per heavy atom. The fraction of sp³-hybridized carbons (Fsp3) is 0.611. The normalized spacial score (nSPS) is 13.6. The SMILES string of the molecule is CC/C=C\C/C=C\C/C=C\CCCCCCC(S)C(=O)O. The fourth-order valence-electron chi connectivity index (χ4n) is 1.90. The van der Waals surface area contributed by atoms with Crippen LogP contribution in [0.15, 0.2) is 36.5 Å². The molecule has 0 aliphatic heterocycles. The van der Waals surface area contributed by atoms with Crippen LogP contribution in [0.3, 0.4) is 0 Å². The van der Waals surface area contributed by atoms with E-state index in [0.717, 1.165) is 38.5 Å². The molecule has 0 heterocycles. The molecule has 21 heavy (non-hydrogen) atoms. The van der Waals surface area contributed by atoms with Crippen LogP contribution in [0.5, 0.6) is 0 Å². The molecule has 0 rings (SSSR count). The van der Waals surface area contributed by atoms with E-state index in [2.05, 4.69) is 56.0 Å². The molecule has 1 N–H and O–H groups in total. The molecule has 2 nitrogen and oxygen atoms in total. The van der Waals surface area contributed by atoms with Crippen LogP contribution in [0.25, 0.3) is 0 Å². The van der Waals surface area contributed by atoms with Crippen molar-refractivity contribution in [3.8, 4) is 0 Å². The molecular weight excluding hydrogens is 280 g/mol. The molecule has 0 fully saturated rings. The molecule has 0 aliphatic rings. The van der Waals surface area contributed by atoms with Gasteiger partial charge in [0.05, 0.1) is 5.25 Å². The number of allylic oxidation sites excluding steroid dienone is 6. The number of carboxylic acid groups (broad SMARTS) is 1. The van der Waals surface area contributed by atoms with Gasteiger partial charge in [0.2, 0.25) is 0 Å². The molecule has 1 unspecified atom stereocenters. The lowest BCUT2D eigenvalue weighted by Crippen LogP contribution is -2.12. The molecule has 3 heteroatoms. The third-order valence-electron chi connectivity index (χ3n) is 3.16. The molecule has 0 saturated carbocycles. The highest BCUT2D eigenvalue weighted by Gasteiger charge is 2.10. The van der Waals surface area contributed by atoms with Crippen LogP contribution in [0.1, 0.15) is 64.7 Å². The van der Waals surface area contributed by atoms with Crippen molar-refractivity contribution in [2.75, 3.05) is 0 Å². The summed E-state index contributed by atoms with van der Waals surface area (Å²) < 4.78 is 0. The van der Waals surface area contributed by atoms with Crippen LogP contribution < -0.4 is 0 Å². The van der Waals surface area contributed by atoms with Crippen LogP contribution in [0.4, 0.5) is 0 Å². The van der Waals surface area contributed by atoms with E-state index in [-0.39, 0.29) is 0 Å². The third-order valence-corrected chi connectivity index (χ3v) is 3.64. The molecule has 0 aromatic heterocycles. The summed E-state index contributed by atoms with van der Waals surface area (Å²) >= 11 is 4.02. The van der Waals surface area contributed by atoms with E-state index < -0.39 is 11.2 Å². The summed E-state index contributed by atoms with van der Waals surface area (Å²) in [6.07, 6.45) is 22.6. The number of hydrogen-bond donors (Lipinski definition) is 2. The summed E-state index contributed by atoms with van der Waals surface area (Å²) in [5.74, 6) is -0.806. The quantitative estimate of drug-likeness (QED) is 0.265. The van der Waals surface area contributed by atoms with E-state index in [1.165, 1.54) is 12.8 Å². The Kier molecular flexibility index (Phi) is 14.7. The van der Waals surface area contributed by atoms with Gasteiger partial charge in [0.25, 0.3) is 0 Å². The first-order valence-corrected chi connectivity index (χ1v) is 8.56. The standard InChI is InChI=1S/C18H30O2S/c1-2-3-4-5-6-7-8-9-10-11-12-13-14-15-16-17(21)18(19)20/h3-4,6-7,9-10,17,21H,2,5,8,11-16H2,1H3,(H,19,20)/b4-3-,7-6-,10-9-. The number of rotatable bonds is 13. The smallest absolute Gasteiger partial charge is 0.316 e. The minimum absolute atomic E-state index is 0.496. The zero-order chi connectivity index (χ0) is 15.8. The van der Waals surface area contributed by atoms with Crippen LogP contribution in [0, 0.1) is 0 Å². The highest BCUT2D eigenvalue weighted by Crippen LogP contribution is 2.11. The zero-order valence-electron chi connectivity index (χ0n) is 13.2. The second-order valence-corrected chi connectivity index (χ2v) is 5.76. The predicted octanol–water partition coefficient (Wildman–Crippen LogP) is 5.57. The summed E-state index contributed by atoms with van der Waals surface area (Å²) in [4.78, 5) is 10.6. The number of carboxylic acids is 1.